The van der Waals surface area contributed by atoms with E-state index in [-0.39, 0.29) is 5.82 Å². The number of benzene rings is 1. The molecule has 0 N–H and O–H groups in total. The number of likely N-dealkylation sites (N-methyl/N-ethyl adjacent to an activating group) is 1. The van der Waals surface area contributed by atoms with Gasteiger partial charge in [-0.1, -0.05) is 23.4 Å². The Morgan fingerprint density at radius 2 is 2.10 bits per heavy atom. The molecule has 0 spiro atoms. The van der Waals surface area contributed by atoms with Crippen LogP contribution in [0.1, 0.15) is 22.4 Å². The average Bonchev–Trinajstić information content (AvgIpc) is 3.41. The molecule has 1 aromatic carbocycles. The fourth-order valence-electron chi connectivity index (χ4n) is 3.51. The number of rotatable bonds is 7. The Kier molecular flexibility index (Phi) is 6.34. The summed E-state index contributed by atoms with van der Waals surface area (Å²) in [6.45, 7) is 6.51. The lowest BCUT2D eigenvalue weighted by atomic mass is 10.1. The van der Waals surface area contributed by atoms with E-state index in [0.29, 0.717) is 35.4 Å². The third kappa shape index (κ3) is 4.90. The predicted molar refractivity (Wildman–Crippen MR) is 110 cm³/mol. The van der Waals surface area contributed by atoms with E-state index < -0.39 is 0 Å². The van der Waals surface area contributed by atoms with Crippen molar-refractivity contribution in [2.24, 2.45) is 0 Å². The molecule has 29 heavy (non-hydrogen) atoms. The molecular formula is C21H25FN4O2S. The maximum Gasteiger partial charge on any atom is 0.241 e. The van der Waals surface area contributed by atoms with Crippen LogP contribution in [-0.2, 0) is 11.3 Å². The summed E-state index contributed by atoms with van der Waals surface area (Å²) in [7, 11) is 2.05. The van der Waals surface area contributed by atoms with Crippen LogP contribution in [0.15, 0.2) is 40.2 Å². The highest BCUT2D eigenvalue weighted by Gasteiger charge is 2.25. The lowest BCUT2D eigenvalue weighted by Crippen LogP contribution is -2.42. The monoisotopic (exact) mass is 416 g/mol. The summed E-state index contributed by atoms with van der Waals surface area (Å²) in [5, 5.41) is 6.14. The Labute approximate surface area is 173 Å². The average molecular weight is 417 g/mol. The molecule has 6 nitrogen and oxygen atoms in total. The third-order valence-corrected chi connectivity index (χ3v) is 6.12. The number of halogens is 1. The van der Waals surface area contributed by atoms with Crippen molar-refractivity contribution >= 4 is 11.3 Å². The lowest BCUT2D eigenvalue weighted by Gasteiger charge is -2.35. The molecule has 154 valence electrons. The van der Waals surface area contributed by atoms with Crippen molar-refractivity contribution in [3.8, 4) is 11.4 Å². The van der Waals surface area contributed by atoms with Crippen LogP contribution >= 0.6 is 11.3 Å². The van der Waals surface area contributed by atoms with Gasteiger partial charge in [0.15, 0.2) is 0 Å². The highest BCUT2D eigenvalue weighted by atomic mass is 32.1. The van der Waals surface area contributed by atoms with Gasteiger partial charge in [-0.3, -0.25) is 9.80 Å². The Balaban J connectivity index is 1.43. The molecule has 3 aromatic rings. The molecule has 1 aliphatic rings. The molecule has 2 aromatic heterocycles. The SMILES string of the molecule is Cc1ccc(-c2noc(CN(C)CC(c3cccs3)N3CCOCC3)n2)cc1F. The largest absolute Gasteiger partial charge is 0.379 e. The summed E-state index contributed by atoms with van der Waals surface area (Å²) in [5.74, 6) is 0.668. The highest BCUT2D eigenvalue weighted by molar-refractivity contribution is 7.10. The zero-order valence-corrected chi connectivity index (χ0v) is 17.5. The van der Waals surface area contributed by atoms with E-state index >= 15 is 0 Å². The first-order valence-corrected chi connectivity index (χ1v) is 10.6. The van der Waals surface area contributed by atoms with Gasteiger partial charge >= 0.3 is 0 Å². The quantitative estimate of drug-likeness (QED) is 0.585. The molecule has 1 saturated heterocycles. The number of aromatic nitrogens is 2. The Morgan fingerprint density at radius 1 is 1.28 bits per heavy atom. The second-order valence-corrected chi connectivity index (χ2v) is 8.33. The number of ether oxygens (including phenoxy) is 1. The number of morpholine rings is 1. The number of nitrogens with zero attached hydrogens (tertiary/aromatic N) is 4. The first kappa shape index (κ1) is 20.2. The predicted octanol–water partition coefficient (Wildman–Crippen LogP) is 3.75. The number of hydrogen-bond donors (Lipinski definition) is 0. The van der Waals surface area contributed by atoms with E-state index in [2.05, 4.69) is 44.5 Å². The topological polar surface area (TPSA) is 54.6 Å². The number of aryl methyl sites for hydroxylation is 1. The van der Waals surface area contributed by atoms with E-state index in [1.54, 1.807) is 24.3 Å². The minimum absolute atomic E-state index is 0.268. The van der Waals surface area contributed by atoms with Crippen LogP contribution in [0.25, 0.3) is 11.4 Å². The van der Waals surface area contributed by atoms with Crippen LogP contribution in [0.5, 0.6) is 0 Å². The molecule has 1 fully saturated rings. The Morgan fingerprint density at radius 3 is 2.83 bits per heavy atom. The van der Waals surface area contributed by atoms with Gasteiger partial charge in [-0.25, -0.2) is 4.39 Å². The molecule has 0 bridgehead atoms. The summed E-state index contributed by atoms with van der Waals surface area (Å²) in [6, 6.07) is 9.56. The fourth-order valence-corrected chi connectivity index (χ4v) is 4.37. The smallest absolute Gasteiger partial charge is 0.241 e. The zero-order valence-electron chi connectivity index (χ0n) is 16.7. The van der Waals surface area contributed by atoms with Gasteiger partial charge in [-0.05, 0) is 37.0 Å². The molecule has 0 saturated carbocycles. The maximum atomic E-state index is 13.8. The van der Waals surface area contributed by atoms with Crippen molar-refractivity contribution < 1.29 is 13.7 Å². The molecule has 1 atom stereocenters. The summed E-state index contributed by atoms with van der Waals surface area (Å²) in [4.78, 5) is 10.5. The summed E-state index contributed by atoms with van der Waals surface area (Å²) in [6.07, 6.45) is 0. The van der Waals surface area contributed by atoms with Crippen molar-refractivity contribution in [1.29, 1.82) is 0 Å². The van der Waals surface area contributed by atoms with Crippen LogP contribution in [0, 0.1) is 12.7 Å². The van der Waals surface area contributed by atoms with E-state index in [9.17, 15) is 4.39 Å². The van der Waals surface area contributed by atoms with Gasteiger partial charge < -0.3 is 9.26 Å². The second-order valence-electron chi connectivity index (χ2n) is 7.35. The minimum Gasteiger partial charge on any atom is -0.379 e. The third-order valence-electron chi connectivity index (χ3n) is 5.15. The van der Waals surface area contributed by atoms with Gasteiger partial charge in [0.05, 0.1) is 25.8 Å². The molecule has 3 heterocycles. The first-order chi connectivity index (χ1) is 14.1. The molecule has 1 unspecified atom stereocenters. The Bertz CT molecular complexity index is 925. The van der Waals surface area contributed by atoms with Crippen molar-refractivity contribution in [2.45, 2.75) is 19.5 Å². The normalized spacial score (nSPS) is 16.4. The standard InChI is InChI=1S/C21H25FN4O2S/c1-15-5-6-16(12-17(15)22)21-23-20(28-24-21)14-25(2)13-18(19-4-3-11-29-19)26-7-9-27-10-8-26/h3-6,11-12,18H,7-10,13-14H2,1-2H3. The van der Waals surface area contributed by atoms with Crippen LogP contribution in [0.3, 0.4) is 0 Å². The molecular weight excluding hydrogens is 391 g/mol. The molecule has 1 aliphatic heterocycles. The van der Waals surface area contributed by atoms with Crippen LogP contribution in [-0.4, -0.2) is 59.8 Å². The van der Waals surface area contributed by atoms with Gasteiger partial charge in [0, 0.05) is 30.1 Å². The van der Waals surface area contributed by atoms with Crippen molar-refractivity contribution in [2.75, 3.05) is 39.9 Å². The van der Waals surface area contributed by atoms with Gasteiger partial charge in [-0.15, -0.1) is 11.3 Å². The molecule has 0 radical (unpaired) electrons. The molecule has 4 rings (SSSR count). The van der Waals surface area contributed by atoms with Gasteiger partial charge in [-0.2, -0.15) is 4.98 Å². The molecule has 0 amide bonds. The van der Waals surface area contributed by atoms with Gasteiger partial charge in [0.1, 0.15) is 5.82 Å². The summed E-state index contributed by atoms with van der Waals surface area (Å²) < 4.78 is 24.8. The van der Waals surface area contributed by atoms with Gasteiger partial charge in [0.25, 0.3) is 0 Å². The van der Waals surface area contributed by atoms with E-state index in [0.717, 1.165) is 32.8 Å². The zero-order chi connectivity index (χ0) is 20.2. The van der Waals surface area contributed by atoms with Crippen molar-refractivity contribution in [3.63, 3.8) is 0 Å². The van der Waals surface area contributed by atoms with Crippen molar-refractivity contribution in [3.05, 3.63) is 57.9 Å². The second kappa shape index (κ2) is 9.13. The summed E-state index contributed by atoms with van der Waals surface area (Å²) >= 11 is 1.78. The van der Waals surface area contributed by atoms with Crippen LogP contribution in [0.2, 0.25) is 0 Å². The summed E-state index contributed by atoms with van der Waals surface area (Å²) in [5.41, 5.74) is 1.22. The van der Waals surface area contributed by atoms with E-state index in [1.807, 2.05) is 6.07 Å². The van der Waals surface area contributed by atoms with Crippen LogP contribution in [0.4, 0.5) is 4.39 Å². The molecule has 8 heteroatoms. The van der Waals surface area contributed by atoms with E-state index in [4.69, 9.17) is 9.26 Å². The molecule has 0 aliphatic carbocycles. The van der Waals surface area contributed by atoms with Gasteiger partial charge in [0.2, 0.25) is 11.7 Å². The van der Waals surface area contributed by atoms with Crippen molar-refractivity contribution in [1.82, 2.24) is 19.9 Å². The van der Waals surface area contributed by atoms with E-state index in [1.165, 1.54) is 10.9 Å². The fraction of sp³-hybridized carbons (Fsp3) is 0.429. The number of hydrogen-bond acceptors (Lipinski definition) is 7. The Hall–Kier alpha value is -2.13. The van der Waals surface area contributed by atoms with Crippen LogP contribution < -0.4 is 0 Å². The lowest BCUT2D eigenvalue weighted by molar-refractivity contribution is 0.00908. The highest BCUT2D eigenvalue weighted by Crippen LogP contribution is 2.27. The minimum atomic E-state index is -0.268. The number of thiophene rings is 1. The maximum absolute atomic E-state index is 13.8. The first-order valence-electron chi connectivity index (χ1n) is 9.73.